The third-order valence-electron chi connectivity index (χ3n) is 1.48. The summed E-state index contributed by atoms with van der Waals surface area (Å²) in [5.41, 5.74) is 0. The molecule has 0 aromatic heterocycles. The Hall–Kier alpha value is -1.16. The summed E-state index contributed by atoms with van der Waals surface area (Å²) in [6.45, 7) is 0. The van der Waals surface area contributed by atoms with Gasteiger partial charge in [-0.05, 0) is 12.1 Å². The molecule has 0 saturated heterocycles. The number of methoxy groups -OCH3 is 2. The van der Waals surface area contributed by atoms with Gasteiger partial charge in [0.15, 0.2) is 5.75 Å². The monoisotopic (exact) mass is 181 g/mol. The van der Waals surface area contributed by atoms with Crippen molar-refractivity contribution in [3.63, 3.8) is 0 Å². The third-order valence-corrected chi connectivity index (χ3v) is 1.70. The number of para-hydroxylation sites is 1. The van der Waals surface area contributed by atoms with Gasteiger partial charge in [0.1, 0.15) is 5.75 Å². The van der Waals surface area contributed by atoms with Crippen molar-refractivity contribution in [2.75, 3.05) is 14.2 Å². The van der Waals surface area contributed by atoms with E-state index in [1.807, 2.05) is 6.07 Å². The van der Waals surface area contributed by atoms with E-state index in [0.717, 1.165) is 0 Å². The van der Waals surface area contributed by atoms with Gasteiger partial charge in [-0.2, -0.15) is 0 Å². The SMILES string of the molecule is COc1cccc(O[Si])c1OC. The molecular weight excluding hydrogens is 172 g/mol. The number of rotatable bonds is 3. The van der Waals surface area contributed by atoms with E-state index in [0.29, 0.717) is 17.2 Å². The van der Waals surface area contributed by atoms with Gasteiger partial charge in [0.05, 0.1) is 14.2 Å². The Kier molecular flexibility index (Phi) is 2.99. The van der Waals surface area contributed by atoms with Crippen LogP contribution in [0.4, 0.5) is 0 Å². The fourth-order valence-corrected chi connectivity index (χ4v) is 1.10. The zero-order valence-corrected chi connectivity index (χ0v) is 7.96. The maximum absolute atomic E-state index is 5.08. The van der Waals surface area contributed by atoms with E-state index < -0.39 is 0 Å². The van der Waals surface area contributed by atoms with Crippen LogP contribution in [0, 0.1) is 0 Å². The normalized spacial score (nSPS) is 9.25. The molecule has 1 aromatic carbocycles. The second-order valence-electron chi connectivity index (χ2n) is 2.09. The smallest absolute Gasteiger partial charge is 0.341 e. The van der Waals surface area contributed by atoms with Gasteiger partial charge in [-0.25, -0.2) is 0 Å². The minimum atomic E-state index is 0.579. The second-order valence-corrected chi connectivity index (χ2v) is 2.30. The number of benzene rings is 1. The van der Waals surface area contributed by atoms with E-state index in [9.17, 15) is 0 Å². The lowest BCUT2D eigenvalue weighted by Crippen LogP contribution is -1.94. The molecule has 1 aromatic rings. The van der Waals surface area contributed by atoms with Crippen molar-refractivity contribution in [1.29, 1.82) is 0 Å². The summed E-state index contributed by atoms with van der Waals surface area (Å²) in [5, 5.41) is 0. The highest BCUT2D eigenvalue weighted by Crippen LogP contribution is 2.35. The van der Waals surface area contributed by atoms with E-state index >= 15 is 0 Å². The fraction of sp³-hybridized carbons (Fsp3) is 0.250. The molecule has 63 valence electrons. The van der Waals surface area contributed by atoms with Gasteiger partial charge < -0.3 is 13.9 Å². The van der Waals surface area contributed by atoms with E-state index in [1.54, 1.807) is 26.4 Å². The largest absolute Gasteiger partial charge is 0.538 e. The Morgan fingerprint density at radius 2 is 1.75 bits per heavy atom. The molecule has 0 aliphatic heterocycles. The molecule has 0 atom stereocenters. The molecule has 0 heterocycles. The maximum atomic E-state index is 5.08. The molecular formula is C8H9O3Si. The van der Waals surface area contributed by atoms with E-state index in [1.165, 1.54) is 0 Å². The summed E-state index contributed by atoms with van der Waals surface area (Å²) >= 11 is 0. The first-order chi connectivity index (χ1) is 5.83. The van der Waals surface area contributed by atoms with Gasteiger partial charge >= 0.3 is 10.5 Å². The Bertz CT molecular complexity index is 240. The van der Waals surface area contributed by atoms with Crippen LogP contribution in [-0.4, -0.2) is 24.7 Å². The van der Waals surface area contributed by atoms with E-state index in [-0.39, 0.29) is 0 Å². The van der Waals surface area contributed by atoms with Crippen molar-refractivity contribution in [1.82, 2.24) is 0 Å². The number of hydrogen-bond donors (Lipinski definition) is 0. The lowest BCUT2D eigenvalue weighted by atomic mass is 10.3. The van der Waals surface area contributed by atoms with Gasteiger partial charge in [0.25, 0.3) is 0 Å². The standard InChI is InChI=1S/C8H9O3Si/c1-9-6-4-3-5-7(11-12)8(6)10-2/h3-5H,1-2H3. The zero-order chi connectivity index (χ0) is 8.97. The highest BCUT2D eigenvalue weighted by Gasteiger charge is 2.08. The van der Waals surface area contributed by atoms with Crippen molar-refractivity contribution < 1.29 is 13.9 Å². The quantitative estimate of drug-likeness (QED) is 0.655. The van der Waals surface area contributed by atoms with E-state index in [4.69, 9.17) is 13.9 Å². The molecule has 0 N–H and O–H groups in total. The summed E-state index contributed by atoms with van der Waals surface area (Å²) in [6.07, 6.45) is 0. The average Bonchev–Trinajstić information content (AvgIpc) is 2.16. The topological polar surface area (TPSA) is 27.7 Å². The van der Waals surface area contributed by atoms with Crippen molar-refractivity contribution in [2.45, 2.75) is 0 Å². The van der Waals surface area contributed by atoms with Crippen LogP contribution in [0.25, 0.3) is 0 Å². The Morgan fingerprint density at radius 1 is 1.08 bits per heavy atom. The highest BCUT2D eigenvalue weighted by atomic mass is 28.2. The highest BCUT2D eigenvalue weighted by molar-refractivity contribution is 6.00. The molecule has 0 aliphatic rings. The van der Waals surface area contributed by atoms with Crippen LogP contribution in [0.5, 0.6) is 17.2 Å². The number of hydrogen-bond acceptors (Lipinski definition) is 3. The summed E-state index contributed by atoms with van der Waals surface area (Å²) in [4.78, 5) is 0. The molecule has 4 heteroatoms. The predicted octanol–water partition coefficient (Wildman–Crippen LogP) is 1.17. The lowest BCUT2D eigenvalue weighted by Gasteiger charge is -2.10. The Balaban J connectivity index is 3.13. The lowest BCUT2D eigenvalue weighted by molar-refractivity contribution is 0.345. The summed E-state index contributed by atoms with van der Waals surface area (Å²) in [5.74, 6) is 1.82. The molecule has 1 rings (SSSR count). The first-order valence-corrected chi connectivity index (χ1v) is 3.79. The Morgan fingerprint density at radius 3 is 2.25 bits per heavy atom. The molecule has 0 fully saturated rings. The molecule has 12 heavy (non-hydrogen) atoms. The van der Waals surface area contributed by atoms with Gasteiger partial charge in [0, 0.05) is 0 Å². The van der Waals surface area contributed by atoms with Crippen LogP contribution < -0.4 is 13.9 Å². The first-order valence-electron chi connectivity index (χ1n) is 3.38. The molecule has 0 bridgehead atoms. The minimum Gasteiger partial charge on any atom is -0.538 e. The van der Waals surface area contributed by atoms with Crippen LogP contribution in [0.15, 0.2) is 18.2 Å². The zero-order valence-electron chi connectivity index (χ0n) is 6.96. The fourth-order valence-electron chi connectivity index (χ4n) is 0.938. The van der Waals surface area contributed by atoms with Crippen molar-refractivity contribution in [2.24, 2.45) is 0 Å². The molecule has 0 spiro atoms. The molecule has 0 saturated carbocycles. The van der Waals surface area contributed by atoms with Gasteiger partial charge in [-0.3, -0.25) is 0 Å². The van der Waals surface area contributed by atoms with Gasteiger partial charge in [0.2, 0.25) is 5.75 Å². The van der Waals surface area contributed by atoms with Crippen LogP contribution >= 0.6 is 0 Å². The Labute approximate surface area is 74.8 Å². The predicted molar refractivity (Wildman–Crippen MR) is 45.9 cm³/mol. The minimum absolute atomic E-state index is 0.579. The third kappa shape index (κ3) is 1.53. The maximum Gasteiger partial charge on any atom is 0.341 e. The average molecular weight is 181 g/mol. The van der Waals surface area contributed by atoms with Gasteiger partial charge in [-0.1, -0.05) is 6.07 Å². The molecule has 0 aliphatic carbocycles. The van der Waals surface area contributed by atoms with Crippen LogP contribution in [0.2, 0.25) is 0 Å². The second kappa shape index (κ2) is 4.01. The van der Waals surface area contributed by atoms with Crippen molar-refractivity contribution >= 4 is 10.5 Å². The van der Waals surface area contributed by atoms with Crippen molar-refractivity contribution in [3.8, 4) is 17.2 Å². The summed E-state index contributed by atoms with van der Waals surface area (Å²) in [7, 11) is 6.07. The van der Waals surface area contributed by atoms with Crippen LogP contribution in [0.3, 0.4) is 0 Å². The molecule has 3 radical (unpaired) electrons. The first kappa shape index (κ1) is 8.93. The molecule has 3 nitrogen and oxygen atoms in total. The van der Waals surface area contributed by atoms with E-state index in [2.05, 4.69) is 10.5 Å². The molecule has 0 amide bonds. The van der Waals surface area contributed by atoms with Crippen LogP contribution in [0.1, 0.15) is 0 Å². The van der Waals surface area contributed by atoms with Crippen LogP contribution in [-0.2, 0) is 0 Å². The number of ether oxygens (including phenoxy) is 2. The summed E-state index contributed by atoms with van der Waals surface area (Å²) in [6, 6.07) is 5.39. The van der Waals surface area contributed by atoms with Crippen molar-refractivity contribution in [3.05, 3.63) is 18.2 Å². The molecule has 0 unspecified atom stereocenters. The van der Waals surface area contributed by atoms with Gasteiger partial charge in [-0.15, -0.1) is 0 Å². The summed E-state index contributed by atoms with van der Waals surface area (Å²) < 4.78 is 15.0.